The Morgan fingerprint density at radius 1 is 1.48 bits per heavy atom. The Hall–Kier alpha value is -1.25. The Balaban J connectivity index is 0.00000182. The van der Waals surface area contributed by atoms with Crippen LogP contribution in [0.1, 0.15) is 46.2 Å². The van der Waals surface area contributed by atoms with Gasteiger partial charge in [-0.15, -0.1) is 36.2 Å². The van der Waals surface area contributed by atoms with Crippen LogP contribution < -0.4 is 5.32 Å². The molecule has 5 nitrogen and oxygen atoms in total. The van der Waals surface area contributed by atoms with Gasteiger partial charge in [0, 0.05) is 26.2 Å². The van der Waals surface area contributed by atoms with E-state index >= 15 is 0 Å². The van der Waals surface area contributed by atoms with Crippen LogP contribution in [0.3, 0.4) is 0 Å². The molecule has 0 spiro atoms. The lowest BCUT2D eigenvalue weighted by Crippen LogP contribution is -2.48. The van der Waals surface area contributed by atoms with Gasteiger partial charge in [0.15, 0.2) is 0 Å². The van der Waals surface area contributed by atoms with E-state index in [0.29, 0.717) is 24.6 Å². The van der Waals surface area contributed by atoms with Gasteiger partial charge in [-0.3, -0.25) is 4.79 Å². The monoisotopic (exact) mass is 435 g/mol. The van der Waals surface area contributed by atoms with Crippen molar-refractivity contribution in [2.75, 3.05) is 26.2 Å². The molecule has 2 heterocycles. The zero-order valence-electron chi connectivity index (χ0n) is 15.2. The Morgan fingerprint density at radius 3 is 2.96 bits per heavy atom. The first-order valence-corrected chi connectivity index (χ1v) is 9.26. The molecule has 2 aromatic rings. The summed E-state index contributed by atoms with van der Waals surface area (Å²) in [5, 5.41) is 4.07. The van der Waals surface area contributed by atoms with Crippen molar-refractivity contribution in [2.24, 2.45) is 0 Å². The Bertz CT molecular complexity index is 747. The topological polar surface area (TPSA) is 54.5 Å². The van der Waals surface area contributed by atoms with E-state index in [1.807, 2.05) is 19.9 Å². The van der Waals surface area contributed by atoms with E-state index in [1.165, 1.54) is 23.5 Å². The van der Waals surface area contributed by atoms with E-state index in [-0.39, 0.29) is 48.7 Å². The number of carbonyl (C=O) groups is 1. The molecule has 0 saturated carbocycles. The standard InChI is InChI=1S/C18H22FN3O2S.2ClH/c1-3-24-12(2)17-21-11-16(25-17)18(23)22-8-7-20-10-15(22)13-5-4-6-14(19)9-13;;/h4-6,9,11-12,15,20H,3,7-8,10H2,1-2H3;2*1H. The zero-order chi connectivity index (χ0) is 17.8. The van der Waals surface area contributed by atoms with Crippen LogP contribution in [0, 0.1) is 5.82 Å². The first-order valence-electron chi connectivity index (χ1n) is 8.44. The van der Waals surface area contributed by atoms with Crippen LogP contribution >= 0.6 is 36.2 Å². The van der Waals surface area contributed by atoms with Gasteiger partial charge in [-0.05, 0) is 31.5 Å². The zero-order valence-corrected chi connectivity index (χ0v) is 17.6. The average molecular weight is 436 g/mol. The lowest BCUT2D eigenvalue weighted by atomic mass is 10.0. The van der Waals surface area contributed by atoms with Gasteiger partial charge in [0.2, 0.25) is 0 Å². The van der Waals surface area contributed by atoms with Gasteiger partial charge in [0.25, 0.3) is 5.91 Å². The van der Waals surface area contributed by atoms with Crippen molar-refractivity contribution in [3.63, 3.8) is 0 Å². The summed E-state index contributed by atoms with van der Waals surface area (Å²) in [6, 6.07) is 6.25. The van der Waals surface area contributed by atoms with Crippen molar-refractivity contribution >= 4 is 42.1 Å². The van der Waals surface area contributed by atoms with Gasteiger partial charge < -0.3 is 15.0 Å². The molecule has 27 heavy (non-hydrogen) atoms. The first-order chi connectivity index (χ1) is 12.1. The fourth-order valence-electron chi connectivity index (χ4n) is 3.00. The molecular formula is C18H24Cl2FN3O2S. The number of rotatable bonds is 5. The van der Waals surface area contributed by atoms with Crippen molar-refractivity contribution < 1.29 is 13.9 Å². The number of benzene rings is 1. The fourth-order valence-corrected chi connectivity index (χ4v) is 3.87. The highest BCUT2D eigenvalue weighted by molar-refractivity contribution is 7.13. The van der Waals surface area contributed by atoms with E-state index in [0.717, 1.165) is 17.1 Å². The van der Waals surface area contributed by atoms with E-state index in [4.69, 9.17) is 4.74 Å². The highest BCUT2D eigenvalue weighted by Crippen LogP contribution is 2.28. The summed E-state index contributed by atoms with van der Waals surface area (Å²) in [6.07, 6.45) is 1.49. The number of ether oxygens (including phenoxy) is 1. The van der Waals surface area contributed by atoms with E-state index in [2.05, 4.69) is 10.3 Å². The van der Waals surface area contributed by atoms with Crippen molar-refractivity contribution in [1.29, 1.82) is 0 Å². The van der Waals surface area contributed by atoms with Gasteiger partial charge in [0.1, 0.15) is 21.8 Å². The maximum atomic E-state index is 13.6. The summed E-state index contributed by atoms with van der Waals surface area (Å²) >= 11 is 1.36. The molecule has 1 aromatic heterocycles. The van der Waals surface area contributed by atoms with E-state index in [9.17, 15) is 9.18 Å². The molecule has 0 bridgehead atoms. The summed E-state index contributed by atoms with van der Waals surface area (Å²) in [7, 11) is 0. The third-order valence-electron chi connectivity index (χ3n) is 4.24. The van der Waals surface area contributed by atoms with Crippen LogP contribution in [0.25, 0.3) is 0 Å². The van der Waals surface area contributed by atoms with Gasteiger partial charge in [0.05, 0.1) is 12.2 Å². The van der Waals surface area contributed by atoms with Crippen LogP contribution in [0.5, 0.6) is 0 Å². The Labute approximate surface area is 175 Å². The number of aromatic nitrogens is 1. The molecule has 1 N–H and O–H groups in total. The molecule has 2 atom stereocenters. The number of thiazole rings is 1. The number of carbonyl (C=O) groups excluding carboxylic acids is 1. The van der Waals surface area contributed by atoms with Crippen molar-refractivity contribution in [1.82, 2.24) is 15.2 Å². The largest absolute Gasteiger partial charge is 0.372 e. The predicted molar refractivity (Wildman–Crippen MR) is 110 cm³/mol. The molecule has 1 aromatic carbocycles. The first kappa shape index (κ1) is 23.8. The summed E-state index contributed by atoms with van der Waals surface area (Å²) in [6.45, 7) is 6.37. The predicted octanol–water partition coefficient (Wildman–Crippen LogP) is 4.01. The van der Waals surface area contributed by atoms with Gasteiger partial charge >= 0.3 is 0 Å². The molecule has 0 aliphatic carbocycles. The molecule has 3 rings (SSSR count). The Kier molecular flexibility index (Phi) is 9.62. The number of hydrogen-bond donors (Lipinski definition) is 1. The normalized spacial score (nSPS) is 17.6. The summed E-state index contributed by atoms with van der Waals surface area (Å²) < 4.78 is 19.1. The third kappa shape index (κ3) is 5.62. The molecule has 1 amide bonds. The van der Waals surface area contributed by atoms with Crippen molar-refractivity contribution in [3.05, 3.63) is 51.7 Å². The van der Waals surface area contributed by atoms with Crippen LogP contribution in [0.4, 0.5) is 4.39 Å². The summed E-state index contributed by atoms with van der Waals surface area (Å²) in [4.78, 5) is 19.7. The lowest BCUT2D eigenvalue weighted by Gasteiger charge is -2.36. The van der Waals surface area contributed by atoms with Crippen LogP contribution in [-0.4, -0.2) is 42.0 Å². The second-order valence-electron chi connectivity index (χ2n) is 5.93. The second kappa shape index (κ2) is 10.9. The van der Waals surface area contributed by atoms with Gasteiger partial charge in [-0.2, -0.15) is 0 Å². The highest BCUT2D eigenvalue weighted by atomic mass is 35.5. The highest BCUT2D eigenvalue weighted by Gasteiger charge is 2.30. The summed E-state index contributed by atoms with van der Waals surface area (Å²) in [5.41, 5.74) is 0.799. The molecular weight excluding hydrogens is 412 g/mol. The quantitative estimate of drug-likeness (QED) is 0.770. The van der Waals surface area contributed by atoms with Gasteiger partial charge in [-0.1, -0.05) is 12.1 Å². The molecule has 1 fully saturated rings. The second-order valence-corrected chi connectivity index (χ2v) is 7.00. The molecule has 2 unspecified atom stereocenters. The SMILES string of the molecule is CCOC(C)c1ncc(C(=O)N2CCNCC2c2cccc(F)c2)s1.Cl.Cl. The number of nitrogens with one attached hydrogen (secondary N) is 1. The minimum absolute atomic E-state index is 0. The van der Waals surface area contributed by atoms with E-state index < -0.39 is 0 Å². The number of piperazine rings is 1. The number of amides is 1. The number of hydrogen-bond acceptors (Lipinski definition) is 5. The number of halogens is 3. The smallest absolute Gasteiger partial charge is 0.266 e. The average Bonchev–Trinajstić information content (AvgIpc) is 3.11. The minimum atomic E-state index is -0.291. The van der Waals surface area contributed by atoms with E-state index in [1.54, 1.807) is 17.2 Å². The van der Waals surface area contributed by atoms with Crippen molar-refractivity contribution in [2.45, 2.75) is 26.0 Å². The molecule has 0 radical (unpaired) electrons. The van der Waals surface area contributed by atoms with Crippen molar-refractivity contribution in [3.8, 4) is 0 Å². The fraction of sp³-hybridized carbons (Fsp3) is 0.444. The number of nitrogens with zero attached hydrogens (tertiary/aromatic N) is 2. The van der Waals surface area contributed by atoms with Gasteiger partial charge in [-0.25, -0.2) is 9.37 Å². The Morgan fingerprint density at radius 2 is 2.26 bits per heavy atom. The minimum Gasteiger partial charge on any atom is -0.372 e. The van der Waals surface area contributed by atoms with Crippen LogP contribution in [0.15, 0.2) is 30.5 Å². The molecule has 9 heteroatoms. The lowest BCUT2D eigenvalue weighted by molar-refractivity contribution is 0.0638. The third-order valence-corrected chi connectivity index (χ3v) is 5.38. The molecule has 1 saturated heterocycles. The van der Waals surface area contributed by atoms with Crippen LogP contribution in [0.2, 0.25) is 0 Å². The maximum absolute atomic E-state index is 13.6. The summed E-state index contributed by atoms with van der Waals surface area (Å²) in [5.74, 6) is -0.357. The molecule has 1 aliphatic rings. The molecule has 150 valence electrons. The molecule has 1 aliphatic heterocycles. The maximum Gasteiger partial charge on any atom is 0.266 e. The van der Waals surface area contributed by atoms with Crippen LogP contribution in [-0.2, 0) is 4.74 Å².